The third-order valence-electron chi connectivity index (χ3n) is 7.76. The second-order valence-electron chi connectivity index (χ2n) is 11.6. The van der Waals surface area contributed by atoms with Crippen molar-refractivity contribution in [3.05, 3.63) is 22.5 Å². The molecular weight excluding hydrogens is 450 g/mol. The van der Waals surface area contributed by atoms with Crippen LogP contribution in [0.2, 0.25) is 5.15 Å². The van der Waals surface area contributed by atoms with Crippen molar-refractivity contribution in [2.45, 2.75) is 92.2 Å². The maximum atomic E-state index is 13.3. The summed E-state index contributed by atoms with van der Waals surface area (Å²) in [6, 6.07) is 1.96. The van der Waals surface area contributed by atoms with E-state index in [9.17, 15) is 4.79 Å². The van der Waals surface area contributed by atoms with Gasteiger partial charge in [-0.3, -0.25) is 9.48 Å². The first-order valence-electron chi connectivity index (χ1n) is 12.8. The Hall–Kier alpha value is -1.86. The van der Waals surface area contributed by atoms with E-state index >= 15 is 0 Å². The first-order chi connectivity index (χ1) is 16.1. The minimum Gasteiger partial charge on any atom is -0.361 e. The number of carbonyl (C=O) groups excluding carboxylic acids is 1. The van der Waals surface area contributed by atoms with E-state index in [2.05, 4.69) is 41.2 Å². The molecule has 1 aliphatic carbocycles. The Balaban J connectivity index is 1.35. The van der Waals surface area contributed by atoms with Gasteiger partial charge in [-0.2, -0.15) is 5.10 Å². The zero-order chi connectivity index (χ0) is 24.5. The lowest BCUT2D eigenvalue weighted by atomic mass is 9.67. The smallest absolute Gasteiger partial charge is 0.256 e. The SMILES string of the molecule is CCn1nc(-c2cc(C)on2)c(C(=O)NC2CCC3(CC2)CCN(CCC(C)(C)C)CC3)c1Cl. The fourth-order valence-corrected chi connectivity index (χ4v) is 5.72. The van der Waals surface area contributed by atoms with Crippen LogP contribution in [0.5, 0.6) is 0 Å². The zero-order valence-electron chi connectivity index (χ0n) is 21.4. The van der Waals surface area contributed by atoms with Crippen molar-refractivity contribution >= 4 is 17.5 Å². The number of amides is 1. The summed E-state index contributed by atoms with van der Waals surface area (Å²) in [5.41, 5.74) is 2.26. The topological polar surface area (TPSA) is 76.2 Å². The van der Waals surface area contributed by atoms with E-state index in [0.717, 1.165) is 12.8 Å². The summed E-state index contributed by atoms with van der Waals surface area (Å²) in [4.78, 5) is 16.0. The molecule has 188 valence electrons. The Morgan fingerprint density at radius 3 is 2.47 bits per heavy atom. The van der Waals surface area contributed by atoms with Crippen LogP contribution in [0.1, 0.15) is 88.8 Å². The molecule has 8 heteroatoms. The Kier molecular flexibility index (Phi) is 7.44. The molecule has 1 amide bonds. The van der Waals surface area contributed by atoms with Crippen LogP contribution < -0.4 is 5.32 Å². The standard InChI is InChI=1S/C26H40ClN5O2/c1-6-32-23(27)21(22(29-32)20-17-18(2)34-30-20)24(33)28-19-7-9-26(10-8-19)12-15-31(16-13-26)14-11-25(3,4)5/h17,19H,6-16H2,1-5H3,(H,28,33). The molecule has 1 N–H and O–H groups in total. The number of likely N-dealkylation sites (tertiary alicyclic amines) is 1. The Morgan fingerprint density at radius 1 is 1.24 bits per heavy atom. The van der Waals surface area contributed by atoms with Crippen LogP contribution in [-0.2, 0) is 6.54 Å². The molecule has 4 rings (SSSR count). The predicted molar refractivity (Wildman–Crippen MR) is 135 cm³/mol. The van der Waals surface area contributed by atoms with Gasteiger partial charge >= 0.3 is 0 Å². The Labute approximate surface area is 208 Å². The molecule has 1 saturated carbocycles. The first-order valence-corrected chi connectivity index (χ1v) is 13.2. The third-order valence-corrected chi connectivity index (χ3v) is 8.15. The molecule has 1 aliphatic heterocycles. The number of piperidine rings is 1. The van der Waals surface area contributed by atoms with Gasteiger partial charge in [-0.25, -0.2) is 0 Å². The summed E-state index contributed by atoms with van der Waals surface area (Å²) in [6.45, 7) is 14.9. The summed E-state index contributed by atoms with van der Waals surface area (Å²) in [7, 11) is 0. The first kappa shape index (κ1) is 25.2. The average molecular weight is 490 g/mol. The molecule has 2 fully saturated rings. The molecule has 2 aliphatic rings. The monoisotopic (exact) mass is 489 g/mol. The van der Waals surface area contributed by atoms with Crippen LogP contribution in [0, 0.1) is 17.8 Å². The van der Waals surface area contributed by atoms with Crippen LogP contribution >= 0.6 is 11.6 Å². The van der Waals surface area contributed by atoms with Crippen molar-refractivity contribution in [2.24, 2.45) is 10.8 Å². The summed E-state index contributed by atoms with van der Waals surface area (Å²) in [6.07, 6.45) is 8.22. The molecule has 3 heterocycles. The fourth-order valence-electron chi connectivity index (χ4n) is 5.39. The lowest BCUT2D eigenvalue weighted by molar-refractivity contribution is 0.0522. The lowest BCUT2D eigenvalue weighted by Crippen LogP contribution is -2.46. The van der Waals surface area contributed by atoms with E-state index in [4.69, 9.17) is 16.1 Å². The van der Waals surface area contributed by atoms with Gasteiger partial charge in [-0.15, -0.1) is 0 Å². The number of carbonyl (C=O) groups is 1. The molecule has 0 radical (unpaired) electrons. The molecule has 2 aromatic heterocycles. The van der Waals surface area contributed by atoms with Gasteiger partial charge < -0.3 is 14.7 Å². The van der Waals surface area contributed by atoms with Crippen LogP contribution in [0.3, 0.4) is 0 Å². The van der Waals surface area contributed by atoms with Crippen molar-refractivity contribution in [3.63, 3.8) is 0 Å². The molecule has 0 atom stereocenters. The predicted octanol–water partition coefficient (Wildman–Crippen LogP) is 5.71. The highest BCUT2D eigenvalue weighted by atomic mass is 35.5. The minimum atomic E-state index is -0.168. The van der Waals surface area contributed by atoms with Crippen LogP contribution in [0.4, 0.5) is 0 Å². The molecule has 1 spiro atoms. The van der Waals surface area contributed by atoms with Gasteiger partial charge in [0.15, 0.2) is 0 Å². The maximum Gasteiger partial charge on any atom is 0.256 e. The van der Waals surface area contributed by atoms with E-state index in [1.54, 1.807) is 10.7 Å². The quantitative estimate of drug-likeness (QED) is 0.562. The van der Waals surface area contributed by atoms with Gasteiger partial charge in [0.25, 0.3) is 5.91 Å². The Morgan fingerprint density at radius 2 is 1.91 bits per heavy atom. The van der Waals surface area contributed by atoms with Crippen molar-refractivity contribution in [1.82, 2.24) is 25.2 Å². The number of nitrogens with one attached hydrogen (secondary N) is 1. The van der Waals surface area contributed by atoms with E-state index in [1.807, 2.05) is 13.8 Å². The largest absolute Gasteiger partial charge is 0.361 e. The highest BCUT2D eigenvalue weighted by molar-refractivity contribution is 6.33. The number of halogens is 1. The molecule has 0 unspecified atom stereocenters. The fraction of sp³-hybridized carbons (Fsp3) is 0.731. The number of hydrogen-bond acceptors (Lipinski definition) is 5. The van der Waals surface area contributed by atoms with Gasteiger partial charge in [0.1, 0.15) is 27.9 Å². The van der Waals surface area contributed by atoms with Gasteiger partial charge in [0, 0.05) is 18.7 Å². The molecule has 0 aromatic carbocycles. The molecule has 1 saturated heterocycles. The van der Waals surface area contributed by atoms with Crippen molar-refractivity contribution in [2.75, 3.05) is 19.6 Å². The van der Waals surface area contributed by atoms with Crippen LogP contribution in [0.15, 0.2) is 10.6 Å². The van der Waals surface area contributed by atoms with Gasteiger partial charge in [-0.05, 0) is 89.3 Å². The third kappa shape index (κ3) is 5.68. The lowest BCUT2D eigenvalue weighted by Gasteiger charge is -2.46. The van der Waals surface area contributed by atoms with Crippen molar-refractivity contribution in [1.29, 1.82) is 0 Å². The number of hydrogen-bond donors (Lipinski definition) is 1. The van der Waals surface area contributed by atoms with Crippen molar-refractivity contribution < 1.29 is 9.32 Å². The van der Waals surface area contributed by atoms with Crippen molar-refractivity contribution in [3.8, 4) is 11.4 Å². The molecular formula is C26H40ClN5O2. The minimum absolute atomic E-state index is 0.168. The highest BCUT2D eigenvalue weighted by Crippen LogP contribution is 2.45. The summed E-state index contributed by atoms with van der Waals surface area (Å²) in [5.74, 6) is 0.504. The summed E-state index contributed by atoms with van der Waals surface area (Å²) in [5, 5.41) is 12.2. The highest BCUT2D eigenvalue weighted by Gasteiger charge is 2.39. The number of nitrogens with zero attached hydrogens (tertiary/aromatic N) is 4. The molecule has 7 nitrogen and oxygen atoms in total. The zero-order valence-corrected chi connectivity index (χ0v) is 22.2. The summed E-state index contributed by atoms with van der Waals surface area (Å²) < 4.78 is 6.85. The molecule has 0 bridgehead atoms. The summed E-state index contributed by atoms with van der Waals surface area (Å²) >= 11 is 6.56. The van der Waals surface area contributed by atoms with E-state index in [1.165, 1.54) is 51.7 Å². The maximum absolute atomic E-state index is 13.3. The molecule has 2 aromatic rings. The van der Waals surface area contributed by atoms with E-state index < -0.39 is 0 Å². The number of aryl methyl sites for hydroxylation is 2. The number of aromatic nitrogens is 3. The van der Waals surface area contributed by atoms with Gasteiger partial charge in [-0.1, -0.05) is 37.5 Å². The van der Waals surface area contributed by atoms with Crippen LogP contribution in [0.25, 0.3) is 11.4 Å². The Bertz CT molecular complexity index is 987. The van der Waals surface area contributed by atoms with Gasteiger partial charge in [0.05, 0.1) is 0 Å². The van der Waals surface area contributed by atoms with E-state index in [-0.39, 0.29) is 11.9 Å². The van der Waals surface area contributed by atoms with Crippen LogP contribution in [-0.4, -0.2) is 51.4 Å². The van der Waals surface area contributed by atoms with Gasteiger partial charge in [0.2, 0.25) is 0 Å². The number of rotatable bonds is 6. The molecule has 34 heavy (non-hydrogen) atoms. The average Bonchev–Trinajstić information content (AvgIpc) is 3.37. The van der Waals surface area contributed by atoms with E-state index in [0.29, 0.717) is 45.2 Å². The normalized spacial score (nSPS) is 19.6. The second kappa shape index (κ2) is 10.0. The second-order valence-corrected chi connectivity index (χ2v) is 11.9.